The van der Waals surface area contributed by atoms with Gasteiger partial charge in [-0.25, -0.2) is 0 Å². The normalized spacial score (nSPS) is 22.5. The molecular weight excluding hydrogens is 270 g/mol. The van der Waals surface area contributed by atoms with E-state index in [1.807, 2.05) is 6.07 Å². The molecule has 1 saturated heterocycles. The van der Waals surface area contributed by atoms with Crippen molar-refractivity contribution in [1.82, 2.24) is 4.90 Å². The molecule has 0 aliphatic carbocycles. The van der Waals surface area contributed by atoms with Crippen molar-refractivity contribution >= 4 is 0 Å². The van der Waals surface area contributed by atoms with Gasteiger partial charge in [-0.05, 0) is 42.6 Å². The van der Waals surface area contributed by atoms with Crippen LogP contribution in [0.1, 0.15) is 30.9 Å². The monoisotopic (exact) mass is 295 g/mol. The Kier molecular flexibility index (Phi) is 4.49. The Hall–Kier alpha value is -1.80. The van der Waals surface area contributed by atoms with E-state index in [4.69, 9.17) is 4.74 Å². The fourth-order valence-electron chi connectivity index (χ4n) is 3.56. The van der Waals surface area contributed by atoms with E-state index in [0.29, 0.717) is 0 Å². The molecule has 1 fully saturated rings. The molecule has 0 N–H and O–H groups in total. The number of nitrogens with zero attached hydrogens (tertiary/aromatic N) is 1. The maximum atomic E-state index is 5.40. The molecule has 116 valence electrons. The highest BCUT2D eigenvalue weighted by Gasteiger charge is 2.32. The molecule has 2 aromatic rings. The molecule has 0 bridgehead atoms. The fourth-order valence-corrected chi connectivity index (χ4v) is 3.56. The first-order valence-corrected chi connectivity index (χ1v) is 8.10. The fraction of sp³-hybridized carbons (Fsp3) is 0.400. The molecule has 1 aliphatic rings. The van der Waals surface area contributed by atoms with Crippen LogP contribution >= 0.6 is 0 Å². The van der Waals surface area contributed by atoms with E-state index in [1.54, 1.807) is 7.11 Å². The van der Waals surface area contributed by atoms with Gasteiger partial charge >= 0.3 is 0 Å². The Labute approximate surface area is 133 Å². The summed E-state index contributed by atoms with van der Waals surface area (Å²) >= 11 is 0. The summed E-state index contributed by atoms with van der Waals surface area (Å²) in [5.74, 6) is 0.957. The average molecular weight is 295 g/mol. The van der Waals surface area contributed by atoms with Crippen LogP contribution in [0.25, 0.3) is 0 Å². The van der Waals surface area contributed by atoms with E-state index in [0.717, 1.165) is 18.8 Å². The summed E-state index contributed by atoms with van der Waals surface area (Å²) in [6.45, 7) is 5.73. The summed E-state index contributed by atoms with van der Waals surface area (Å²) in [6.07, 6.45) is 2.49. The van der Waals surface area contributed by atoms with E-state index < -0.39 is 0 Å². The first-order chi connectivity index (χ1) is 10.7. The highest BCUT2D eigenvalue weighted by molar-refractivity contribution is 5.34. The van der Waals surface area contributed by atoms with E-state index in [-0.39, 0.29) is 5.41 Å². The van der Waals surface area contributed by atoms with Crippen molar-refractivity contribution in [1.29, 1.82) is 0 Å². The van der Waals surface area contributed by atoms with Crippen molar-refractivity contribution in [3.8, 4) is 5.75 Å². The van der Waals surface area contributed by atoms with E-state index >= 15 is 0 Å². The van der Waals surface area contributed by atoms with Gasteiger partial charge in [0.1, 0.15) is 5.75 Å². The number of likely N-dealkylation sites (tertiary alicyclic amines) is 1. The standard InChI is InChI=1S/C20H25NO/c1-20(18-10-6-11-19(14-18)22-2)12-7-13-21(16-20)15-17-8-4-3-5-9-17/h3-6,8-11,14H,7,12-13,15-16H2,1-2H3/t20-/m0/s1. The van der Waals surface area contributed by atoms with Gasteiger partial charge in [0.25, 0.3) is 0 Å². The highest BCUT2D eigenvalue weighted by Crippen LogP contribution is 2.35. The third-order valence-electron chi connectivity index (χ3n) is 4.79. The lowest BCUT2D eigenvalue weighted by Crippen LogP contribution is -2.43. The Balaban J connectivity index is 1.76. The van der Waals surface area contributed by atoms with Crippen molar-refractivity contribution in [2.24, 2.45) is 0 Å². The number of methoxy groups -OCH3 is 1. The number of hydrogen-bond acceptors (Lipinski definition) is 2. The Morgan fingerprint density at radius 3 is 2.68 bits per heavy atom. The molecule has 0 spiro atoms. The molecule has 1 atom stereocenters. The minimum atomic E-state index is 0.210. The van der Waals surface area contributed by atoms with Crippen LogP contribution in [-0.2, 0) is 12.0 Å². The zero-order valence-electron chi connectivity index (χ0n) is 13.6. The van der Waals surface area contributed by atoms with Gasteiger partial charge in [0.05, 0.1) is 7.11 Å². The molecule has 3 rings (SSSR count). The van der Waals surface area contributed by atoms with E-state index in [1.165, 1.54) is 30.5 Å². The molecule has 0 amide bonds. The molecule has 2 heteroatoms. The molecule has 1 heterocycles. The minimum Gasteiger partial charge on any atom is -0.497 e. The maximum absolute atomic E-state index is 5.40. The van der Waals surface area contributed by atoms with Crippen LogP contribution in [0.5, 0.6) is 5.75 Å². The Bertz CT molecular complexity index is 610. The van der Waals surface area contributed by atoms with E-state index in [2.05, 4.69) is 60.4 Å². The summed E-state index contributed by atoms with van der Waals surface area (Å²) in [6, 6.07) is 19.4. The third-order valence-corrected chi connectivity index (χ3v) is 4.79. The lowest BCUT2D eigenvalue weighted by molar-refractivity contribution is 0.150. The van der Waals surface area contributed by atoms with Crippen LogP contribution < -0.4 is 4.74 Å². The van der Waals surface area contributed by atoms with Gasteiger partial charge in [0.15, 0.2) is 0 Å². The quantitative estimate of drug-likeness (QED) is 0.836. The van der Waals surface area contributed by atoms with Gasteiger partial charge in [0, 0.05) is 18.5 Å². The number of benzene rings is 2. The molecule has 0 aromatic heterocycles. The van der Waals surface area contributed by atoms with Gasteiger partial charge in [-0.1, -0.05) is 49.4 Å². The molecular formula is C20H25NO. The minimum absolute atomic E-state index is 0.210. The smallest absolute Gasteiger partial charge is 0.119 e. The summed E-state index contributed by atoms with van der Waals surface area (Å²) in [5.41, 5.74) is 3.00. The number of piperidine rings is 1. The van der Waals surface area contributed by atoms with Crippen LogP contribution in [0.15, 0.2) is 54.6 Å². The van der Waals surface area contributed by atoms with Gasteiger partial charge in [-0.2, -0.15) is 0 Å². The van der Waals surface area contributed by atoms with Crippen molar-refractivity contribution in [2.75, 3.05) is 20.2 Å². The van der Waals surface area contributed by atoms with Crippen molar-refractivity contribution in [3.63, 3.8) is 0 Å². The van der Waals surface area contributed by atoms with Gasteiger partial charge in [-0.3, -0.25) is 4.90 Å². The van der Waals surface area contributed by atoms with Crippen LogP contribution in [0, 0.1) is 0 Å². The average Bonchev–Trinajstić information content (AvgIpc) is 2.56. The SMILES string of the molecule is COc1cccc([C@@]2(C)CCCN(Cc3ccccc3)C2)c1. The zero-order chi connectivity index (χ0) is 15.4. The predicted octanol–water partition coefficient (Wildman–Crippen LogP) is 4.25. The zero-order valence-corrected chi connectivity index (χ0v) is 13.6. The first kappa shape index (κ1) is 15.1. The number of rotatable bonds is 4. The molecule has 1 aliphatic heterocycles. The lowest BCUT2D eigenvalue weighted by Gasteiger charge is -2.41. The molecule has 22 heavy (non-hydrogen) atoms. The molecule has 2 nitrogen and oxygen atoms in total. The van der Waals surface area contributed by atoms with E-state index in [9.17, 15) is 0 Å². The summed E-state index contributed by atoms with van der Waals surface area (Å²) in [5, 5.41) is 0. The first-order valence-electron chi connectivity index (χ1n) is 8.10. The number of hydrogen-bond donors (Lipinski definition) is 0. The summed E-state index contributed by atoms with van der Waals surface area (Å²) in [4.78, 5) is 2.58. The molecule has 0 saturated carbocycles. The second-order valence-electron chi connectivity index (χ2n) is 6.59. The van der Waals surface area contributed by atoms with Crippen LogP contribution in [-0.4, -0.2) is 25.1 Å². The molecule has 0 radical (unpaired) electrons. The van der Waals surface area contributed by atoms with Gasteiger partial charge in [-0.15, -0.1) is 0 Å². The highest BCUT2D eigenvalue weighted by atomic mass is 16.5. The topological polar surface area (TPSA) is 12.5 Å². The summed E-state index contributed by atoms with van der Waals surface area (Å²) in [7, 11) is 1.74. The molecule has 2 aromatic carbocycles. The maximum Gasteiger partial charge on any atom is 0.119 e. The number of ether oxygens (including phenoxy) is 1. The third kappa shape index (κ3) is 3.33. The Morgan fingerprint density at radius 2 is 1.91 bits per heavy atom. The van der Waals surface area contributed by atoms with Crippen molar-refractivity contribution in [2.45, 2.75) is 31.7 Å². The van der Waals surface area contributed by atoms with Gasteiger partial charge < -0.3 is 4.74 Å². The van der Waals surface area contributed by atoms with Crippen LogP contribution in [0.3, 0.4) is 0 Å². The van der Waals surface area contributed by atoms with Gasteiger partial charge in [0.2, 0.25) is 0 Å². The van der Waals surface area contributed by atoms with Crippen molar-refractivity contribution in [3.05, 3.63) is 65.7 Å². The lowest BCUT2D eigenvalue weighted by atomic mass is 9.76. The predicted molar refractivity (Wildman–Crippen MR) is 91.3 cm³/mol. The van der Waals surface area contributed by atoms with Crippen LogP contribution in [0.2, 0.25) is 0 Å². The largest absolute Gasteiger partial charge is 0.497 e. The Morgan fingerprint density at radius 1 is 1.09 bits per heavy atom. The second-order valence-corrected chi connectivity index (χ2v) is 6.59. The second kappa shape index (κ2) is 6.53. The summed E-state index contributed by atoms with van der Waals surface area (Å²) < 4.78 is 5.40. The van der Waals surface area contributed by atoms with Crippen LogP contribution in [0.4, 0.5) is 0 Å². The van der Waals surface area contributed by atoms with Crippen molar-refractivity contribution < 1.29 is 4.74 Å². The molecule has 0 unspecified atom stereocenters.